The van der Waals surface area contributed by atoms with Gasteiger partial charge < -0.3 is 4.74 Å². The third kappa shape index (κ3) is 3.05. The van der Waals surface area contributed by atoms with Crippen LogP contribution in [-0.2, 0) is 26.0 Å². The van der Waals surface area contributed by atoms with Crippen LogP contribution in [0.2, 0.25) is 0 Å². The predicted octanol–water partition coefficient (Wildman–Crippen LogP) is 1.88. The SMILES string of the molecule is CCc1ccc(S(=O)(=O)N2CCCC(C(=O)OC)C2)s1. The van der Waals surface area contributed by atoms with Crippen LogP contribution in [-0.4, -0.2) is 38.9 Å². The molecule has 1 aromatic heterocycles. The summed E-state index contributed by atoms with van der Waals surface area (Å²) in [6, 6.07) is 3.50. The van der Waals surface area contributed by atoms with E-state index in [0.717, 1.165) is 11.3 Å². The van der Waals surface area contributed by atoms with Crippen LogP contribution in [0.15, 0.2) is 16.3 Å². The van der Waals surface area contributed by atoms with Crippen LogP contribution in [0.5, 0.6) is 0 Å². The molecule has 7 heteroatoms. The number of carbonyl (C=O) groups excluding carboxylic acids is 1. The maximum Gasteiger partial charge on any atom is 0.309 e. The molecule has 0 aromatic carbocycles. The number of rotatable bonds is 4. The van der Waals surface area contributed by atoms with Crippen LogP contribution >= 0.6 is 11.3 Å². The summed E-state index contributed by atoms with van der Waals surface area (Å²) in [6.45, 7) is 2.68. The lowest BCUT2D eigenvalue weighted by atomic mass is 10.0. The molecule has 2 heterocycles. The molecular weight excluding hydrogens is 298 g/mol. The average Bonchev–Trinajstić information content (AvgIpc) is 2.96. The number of thiophene rings is 1. The van der Waals surface area contributed by atoms with Gasteiger partial charge in [0, 0.05) is 18.0 Å². The first-order valence-electron chi connectivity index (χ1n) is 6.65. The molecular formula is C13H19NO4S2. The Morgan fingerprint density at radius 2 is 2.25 bits per heavy atom. The molecule has 0 saturated carbocycles. The molecule has 0 amide bonds. The van der Waals surface area contributed by atoms with Gasteiger partial charge in [-0.25, -0.2) is 8.42 Å². The van der Waals surface area contributed by atoms with E-state index in [-0.39, 0.29) is 18.4 Å². The van der Waals surface area contributed by atoms with Crippen LogP contribution in [0.4, 0.5) is 0 Å². The Bertz CT molecular complexity index is 579. The fraction of sp³-hybridized carbons (Fsp3) is 0.615. The summed E-state index contributed by atoms with van der Waals surface area (Å²) in [5.74, 6) is -0.681. The monoisotopic (exact) mass is 317 g/mol. The number of esters is 1. The predicted molar refractivity (Wildman–Crippen MR) is 77.2 cm³/mol. The van der Waals surface area contributed by atoms with E-state index in [1.165, 1.54) is 22.8 Å². The molecule has 0 radical (unpaired) electrons. The summed E-state index contributed by atoms with van der Waals surface area (Å²) in [6.07, 6.45) is 2.19. The second-order valence-corrected chi connectivity index (χ2v) is 8.13. The van der Waals surface area contributed by atoms with Crippen LogP contribution in [0.1, 0.15) is 24.6 Å². The number of piperidine rings is 1. The first-order valence-corrected chi connectivity index (χ1v) is 8.91. The smallest absolute Gasteiger partial charge is 0.309 e. The molecule has 1 aliphatic heterocycles. The zero-order valence-electron chi connectivity index (χ0n) is 11.7. The summed E-state index contributed by atoms with van der Waals surface area (Å²) in [4.78, 5) is 12.6. The van der Waals surface area contributed by atoms with Gasteiger partial charge in [-0.05, 0) is 31.4 Å². The summed E-state index contributed by atoms with van der Waals surface area (Å²) in [5.41, 5.74) is 0. The van der Waals surface area contributed by atoms with Gasteiger partial charge in [0.15, 0.2) is 0 Å². The molecule has 20 heavy (non-hydrogen) atoms. The normalized spacial score (nSPS) is 20.8. The molecule has 1 saturated heterocycles. The Morgan fingerprint density at radius 1 is 1.50 bits per heavy atom. The maximum atomic E-state index is 12.6. The van der Waals surface area contributed by atoms with Gasteiger partial charge in [-0.2, -0.15) is 4.31 Å². The number of ether oxygens (including phenoxy) is 1. The highest BCUT2D eigenvalue weighted by Gasteiger charge is 2.34. The van der Waals surface area contributed by atoms with Gasteiger partial charge in [-0.3, -0.25) is 4.79 Å². The van der Waals surface area contributed by atoms with E-state index >= 15 is 0 Å². The highest BCUT2D eigenvalue weighted by molar-refractivity contribution is 7.91. The molecule has 0 spiro atoms. The van der Waals surface area contributed by atoms with Gasteiger partial charge in [-0.1, -0.05) is 6.92 Å². The van der Waals surface area contributed by atoms with Crippen molar-refractivity contribution in [3.63, 3.8) is 0 Å². The van der Waals surface area contributed by atoms with Crippen molar-refractivity contribution in [3.8, 4) is 0 Å². The number of methoxy groups -OCH3 is 1. The molecule has 2 rings (SSSR count). The van der Waals surface area contributed by atoms with Crippen molar-refractivity contribution in [3.05, 3.63) is 17.0 Å². The molecule has 1 unspecified atom stereocenters. The van der Waals surface area contributed by atoms with Crippen molar-refractivity contribution in [1.82, 2.24) is 4.31 Å². The van der Waals surface area contributed by atoms with E-state index in [4.69, 9.17) is 4.74 Å². The number of nitrogens with zero attached hydrogens (tertiary/aromatic N) is 1. The molecule has 1 aromatic rings. The van der Waals surface area contributed by atoms with Gasteiger partial charge in [-0.15, -0.1) is 11.3 Å². The number of hydrogen-bond donors (Lipinski definition) is 0. The topological polar surface area (TPSA) is 63.7 Å². The summed E-state index contributed by atoms with van der Waals surface area (Å²) in [5, 5.41) is 0. The first kappa shape index (κ1) is 15.5. The number of hydrogen-bond acceptors (Lipinski definition) is 5. The Kier molecular flexibility index (Phi) is 4.82. The maximum absolute atomic E-state index is 12.6. The molecule has 1 atom stereocenters. The molecule has 0 aliphatic carbocycles. The fourth-order valence-electron chi connectivity index (χ4n) is 2.33. The van der Waals surface area contributed by atoms with Crippen LogP contribution < -0.4 is 0 Å². The van der Waals surface area contributed by atoms with Gasteiger partial charge in [0.25, 0.3) is 10.0 Å². The minimum atomic E-state index is -3.48. The Hall–Kier alpha value is -0.920. The van der Waals surface area contributed by atoms with E-state index in [9.17, 15) is 13.2 Å². The largest absolute Gasteiger partial charge is 0.469 e. The fourth-order valence-corrected chi connectivity index (χ4v) is 5.31. The summed E-state index contributed by atoms with van der Waals surface area (Å²) >= 11 is 1.30. The third-order valence-electron chi connectivity index (χ3n) is 3.50. The van der Waals surface area contributed by atoms with Crippen LogP contribution in [0, 0.1) is 5.92 Å². The lowest BCUT2D eigenvalue weighted by Gasteiger charge is -2.29. The minimum Gasteiger partial charge on any atom is -0.469 e. The Labute approximate surface area is 123 Å². The first-order chi connectivity index (χ1) is 9.48. The Morgan fingerprint density at radius 3 is 2.85 bits per heavy atom. The quantitative estimate of drug-likeness (QED) is 0.796. The van der Waals surface area contributed by atoms with E-state index in [1.54, 1.807) is 6.07 Å². The minimum absolute atomic E-state index is 0.217. The van der Waals surface area contributed by atoms with E-state index in [0.29, 0.717) is 23.6 Å². The standard InChI is InChI=1S/C13H19NO4S2/c1-3-11-6-7-12(19-11)20(16,17)14-8-4-5-10(9-14)13(15)18-2/h6-7,10H,3-5,8-9H2,1-2H3. The van der Waals surface area contributed by atoms with Crippen LogP contribution in [0.3, 0.4) is 0 Å². The Balaban J connectivity index is 2.18. The highest BCUT2D eigenvalue weighted by atomic mass is 32.2. The van der Waals surface area contributed by atoms with Gasteiger partial charge >= 0.3 is 5.97 Å². The summed E-state index contributed by atoms with van der Waals surface area (Å²) in [7, 11) is -2.15. The van der Waals surface area contributed by atoms with Gasteiger partial charge in [0.05, 0.1) is 13.0 Å². The molecule has 0 bridgehead atoms. The van der Waals surface area contributed by atoms with Gasteiger partial charge in [0.1, 0.15) is 4.21 Å². The number of sulfonamides is 1. The zero-order valence-corrected chi connectivity index (χ0v) is 13.3. The highest BCUT2D eigenvalue weighted by Crippen LogP contribution is 2.29. The van der Waals surface area contributed by atoms with Crippen molar-refractivity contribution >= 4 is 27.3 Å². The average molecular weight is 317 g/mol. The molecule has 1 fully saturated rings. The lowest BCUT2D eigenvalue weighted by Crippen LogP contribution is -2.42. The second kappa shape index (κ2) is 6.24. The molecule has 1 aliphatic rings. The van der Waals surface area contributed by atoms with Crippen molar-refractivity contribution in [1.29, 1.82) is 0 Å². The third-order valence-corrected chi connectivity index (χ3v) is 7.06. The molecule has 0 N–H and O–H groups in total. The lowest BCUT2D eigenvalue weighted by molar-refractivity contribution is -0.146. The van der Waals surface area contributed by atoms with Crippen molar-refractivity contribution < 1.29 is 17.9 Å². The number of aryl methyl sites for hydroxylation is 1. The number of carbonyl (C=O) groups is 1. The molecule has 112 valence electrons. The second-order valence-electron chi connectivity index (χ2n) is 4.80. The summed E-state index contributed by atoms with van der Waals surface area (Å²) < 4.78 is 31.6. The van der Waals surface area contributed by atoms with E-state index in [2.05, 4.69) is 0 Å². The van der Waals surface area contributed by atoms with Crippen molar-refractivity contribution in [2.24, 2.45) is 5.92 Å². The van der Waals surface area contributed by atoms with Crippen molar-refractivity contribution in [2.45, 2.75) is 30.4 Å². The van der Waals surface area contributed by atoms with E-state index < -0.39 is 10.0 Å². The van der Waals surface area contributed by atoms with Gasteiger partial charge in [0.2, 0.25) is 0 Å². The molecule has 5 nitrogen and oxygen atoms in total. The van der Waals surface area contributed by atoms with E-state index in [1.807, 2.05) is 13.0 Å². The van der Waals surface area contributed by atoms with Crippen molar-refractivity contribution in [2.75, 3.05) is 20.2 Å². The van der Waals surface area contributed by atoms with Crippen LogP contribution in [0.25, 0.3) is 0 Å². The zero-order chi connectivity index (χ0) is 14.8.